The van der Waals surface area contributed by atoms with Crippen molar-refractivity contribution in [1.82, 2.24) is 19.8 Å². The van der Waals surface area contributed by atoms with Crippen LogP contribution in [0, 0.1) is 0 Å². The molecule has 3 aromatic rings. The van der Waals surface area contributed by atoms with Crippen LogP contribution in [-0.2, 0) is 11.2 Å². The van der Waals surface area contributed by atoms with Crippen LogP contribution in [0.25, 0.3) is 5.65 Å². The summed E-state index contributed by atoms with van der Waals surface area (Å²) in [7, 11) is 4.64. The van der Waals surface area contributed by atoms with Gasteiger partial charge in [-0.15, -0.1) is 15.3 Å². The molecule has 1 N–H and O–H groups in total. The maximum absolute atomic E-state index is 12.3. The second kappa shape index (κ2) is 7.68. The molecule has 0 unspecified atom stereocenters. The van der Waals surface area contributed by atoms with Crippen LogP contribution in [0.5, 0.6) is 17.4 Å². The van der Waals surface area contributed by atoms with E-state index in [2.05, 4.69) is 20.6 Å². The molecule has 0 spiro atoms. The Labute approximate surface area is 149 Å². The van der Waals surface area contributed by atoms with Crippen LogP contribution in [0.4, 0.5) is 5.69 Å². The van der Waals surface area contributed by atoms with E-state index in [1.54, 1.807) is 49.1 Å². The van der Waals surface area contributed by atoms with E-state index in [9.17, 15) is 4.79 Å². The zero-order valence-electron chi connectivity index (χ0n) is 14.7. The normalized spacial score (nSPS) is 10.6. The summed E-state index contributed by atoms with van der Waals surface area (Å²) in [6.45, 7) is 0. The molecule has 0 fully saturated rings. The minimum absolute atomic E-state index is 0.167. The Bertz CT molecular complexity index is 902. The molecule has 9 heteroatoms. The van der Waals surface area contributed by atoms with Gasteiger partial charge in [0.25, 0.3) is 0 Å². The molecule has 0 saturated heterocycles. The van der Waals surface area contributed by atoms with Gasteiger partial charge in [0.1, 0.15) is 11.5 Å². The van der Waals surface area contributed by atoms with Crippen LogP contribution in [-0.4, -0.2) is 47.0 Å². The molecule has 9 nitrogen and oxygen atoms in total. The van der Waals surface area contributed by atoms with Gasteiger partial charge in [0, 0.05) is 42.8 Å². The van der Waals surface area contributed by atoms with Gasteiger partial charge >= 0.3 is 0 Å². The summed E-state index contributed by atoms with van der Waals surface area (Å²) in [5, 5.41) is 15.2. The van der Waals surface area contributed by atoms with E-state index in [-0.39, 0.29) is 12.3 Å². The predicted molar refractivity (Wildman–Crippen MR) is 93.8 cm³/mol. The standard InChI is InChI=1S/C17H19N5O4/c1-24-12-8-11(9-13(10-12)25-2)18-16(23)6-4-14-19-20-15-5-7-17(26-3)21-22(14)15/h5,7-10H,4,6H2,1-3H3,(H,18,23). The van der Waals surface area contributed by atoms with Crippen molar-refractivity contribution in [2.24, 2.45) is 0 Å². The van der Waals surface area contributed by atoms with Crippen molar-refractivity contribution in [1.29, 1.82) is 0 Å². The first-order valence-corrected chi connectivity index (χ1v) is 7.91. The molecule has 0 aliphatic rings. The van der Waals surface area contributed by atoms with E-state index >= 15 is 0 Å². The van der Waals surface area contributed by atoms with Crippen LogP contribution in [0.3, 0.4) is 0 Å². The molecule has 136 valence electrons. The minimum Gasteiger partial charge on any atom is -0.497 e. The molecule has 2 aromatic heterocycles. The lowest BCUT2D eigenvalue weighted by Crippen LogP contribution is -2.13. The molecule has 0 atom stereocenters. The third-order valence-corrected chi connectivity index (χ3v) is 3.72. The van der Waals surface area contributed by atoms with Crippen molar-refractivity contribution >= 4 is 17.2 Å². The Hall–Kier alpha value is -3.36. The first-order chi connectivity index (χ1) is 12.6. The Morgan fingerprint density at radius 2 is 1.77 bits per heavy atom. The largest absolute Gasteiger partial charge is 0.497 e. The number of methoxy groups -OCH3 is 3. The summed E-state index contributed by atoms with van der Waals surface area (Å²) in [5.74, 6) is 2.06. The third kappa shape index (κ3) is 3.82. The maximum Gasteiger partial charge on any atom is 0.231 e. The molecule has 0 aliphatic carbocycles. The summed E-state index contributed by atoms with van der Waals surface area (Å²) < 4.78 is 17.1. The molecule has 3 rings (SSSR count). The Morgan fingerprint density at radius 3 is 2.42 bits per heavy atom. The number of rotatable bonds is 7. The first-order valence-electron chi connectivity index (χ1n) is 7.91. The van der Waals surface area contributed by atoms with Crippen molar-refractivity contribution in [2.75, 3.05) is 26.6 Å². The van der Waals surface area contributed by atoms with Crippen molar-refractivity contribution in [3.8, 4) is 17.4 Å². The van der Waals surface area contributed by atoms with Gasteiger partial charge in [-0.2, -0.15) is 4.52 Å². The Balaban J connectivity index is 1.68. The number of nitrogens with one attached hydrogen (secondary N) is 1. The fourth-order valence-corrected chi connectivity index (χ4v) is 2.41. The number of fused-ring (bicyclic) bond motifs is 1. The summed E-state index contributed by atoms with van der Waals surface area (Å²) in [6, 6.07) is 8.64. The third-order valence-electron chi connectivity index (χ3n) is 3.72. The average molecular weight is 357 g/mol. The quantitative estimate of drug-likeness (QED) is 0.687. The Morgan fingerprint density at radius 1 is 1.04 bits per heavy atom. The van der Waals surface area contributed by atoms with Gasteiger partial charge in [-0.3, -0.25) is 4.79 Å². The number of hydrogen-bond donors (Lipinski definition) is 1. The zero-order valence-corrected chi connectivity index (χ0v) is 14.7. The number of aryl methyl sites for hydroxylation is 1. The average Bonchev–Trinajstić information content (AvgIpc) is 3.08. The topological polar surface area (TPSA) is 99.9 Å². The zero-order chi connectivity index (χ0) is 18.5. The van der Waals surface area contributed by atoms with E-state index < -0.39 is 0 Å². The molecule has 0 aliphatic heterocycles. The number of ether oxygens (including phenoxy) is 3. The summed E-state index contributed by atoms with van der Waals surface area (Å²) >= 11 is 0. The molecule has 1 aromatic carbocycles. The van der Waals surface area contributed by atoms with E-state index in [0.29, 0.717) is 41.0 Å². The first kappa shape index (κ1) is 17.5. The second-order valence-corrected chi connectivity index (χ2v) is 5.41. The summed E-state index contributed by atoms with van der Waals surface area (Å²) in [5.41, 5.74) is 1.19. The number of aromatic nitrogens is 4. The van der Waals surface area contributed by atoms with Gasteiger partial charge in [0.2, 0.25) is 11.8 Å². The minimum atomic E-state index is -0.167. The van der Waals surface area contributed by atoms with E-state index in [4.69, 9.17) is 14.2 Å². The van der Waals surface area contributed by atoms with Gasteiger partial charge in [0.15, 0.2) is 11.5 Å². The number of carbonyl (C=O) groups is 1. The SMILES string of the molecule is COc1cc(NC(=O)CCc2nnc3ccc(OC)nn23)cc(OC)c1. The van der Waals surface area contributed by atoms with Gasteiger partial charge in [0.05, 0.1) is 21.3 Å². The molecular weight excluding hydrogens is 338 g/mol. The second-order valence-electron chi connectivity index (χ2n) is 5.41. The maximum atomic E-state index is 12.3. The Kier molecular flexibility index (Phi) is 5.16. The molecular formula is C17H19N5O4. The fraction of sp³-hybridized carbons (Fsp3) is 0.294. The highest BCUT2D eigenvalue weighted by molar-refractivity contribution is 5.91. The van der Waals surface area contributed by atoms with Crippen LogP contribution >= 0.6 is 0 Å². The lowest BCUT2D eigenvalue weighted by atomic mass is 10.2. The number of hydrogen-bond acceptors (Lipinski definition) is 7. The van der Waals surface area contributed by atoms with Gasteiger partial charge < -0.3 is 19.5 Å². The number of amides is 1. The monoisotopic (exact) mass is 357 g/mol. The lowest BCUT2D eigenvalue weighted by Gasteiger charge is -2.09. The fourth-order valence-electron chi connectivity index (χ4n) is 2.41. The molecule has 1 amide bonds. The lowest BCUT2D eigenvalue weighted by molar-refractivity contribution is -0.116. The van der Waals surface area contributed by atoms with Gasteiger partial charge in [-0.05, 0) is 6.07 Å². The molecule has 0 bridgehead atoms. The molecule has 26 heavy (non-hydrogen) atoms. The van der Waals surface area contributed by atoms with Crippen LogP contribution in [0.2, 0.25) is 0 Å². The van der Waals surface area contributed by atoms with Crippen molar-refractivity contribution < 1.29 is 19.0 Å². The van der Waals surface area contributed by atoms with Crippen molar-refractivity contribution in [2.45, 2.75) is 12.8 Å². The van der Waals surface area contributed by atoms with Gasteiger partial charge in [-0.25, -0.2) is 0 Å². The smallest absolute Gasteiger partial charge is 0.231 e. The van der Waals surface area contributed by atoms with Crippen LogP contribution in [0.1, 0.15) is 12.2 Å². The van der Waals surface area contributed by atoms with Crippen LogP contribution < -0.4 is 19.5 Å². The van der Waals surface area contributed by atoms with E-state index in [0.717, 1.165) is 0 Å². The summed E-state index contributed by atoms with van der Waals surface area (Å²) in [6.07, 6.45) is 0.605. The predicted octanol–water partition coefficient (Wildman–Crippen LogP) is 1.72. The number of anilines is 1. The molecule has 2 heterocycles. The van der Waals surface area contributed by atoms with E-state index in [1.807, 2.05) is 0 Å². The highest BCUT2D eigenvalue weighted by Gasteiger charge is 2.11. The van der Waals surface area contributed by atoms with Gasteiger partial charge in [-0.1, -0.05) is 0 Å². The van der Waals surface area contributed by atoms with Crippen LogP contribution in [0.15, 0.2) is 30.3 Å². The molecule has 0 saturated carbocycles. The highest BCUT2D eigenvalue weighted by atomic mass is 16.5. The van der Waals surface area contributed by atoms with E-state index in [1.165, 1.54) is 7.11 Å². The highest BCUT2D eigenvalue weighted by Crippen LogP contribution is 2.25. The van der Waals surface area contributed by atoms with Crippen molar-refractivity contribution in [3.63, 3.8) is 0 Å². The summed E-state index contributed by atoms with van der Waals surface area (Å²) in [4.78, 5) is 12.3. The number of benzene rings is 1. The molecule has 0 radical (unpaired) electrons. The number of carbonyl (C=O) groups excluding carboxylic acids is 1. The number of nitrogens with zero attached hydrogens (tertiary/aromatic N) is 4. The van der Waals surface area contributed by atoms with Crippen molar-refractivity contribution in [3.05, 3.63) is 36.2 Å².